The highest BCUT2D eigenvalue weighted by Crippen LogP contribution is 2.23. The number of carbonyl (C=O) groups excluding carboxylic acids is 1. The zero-order chi connectivity index (χ0) is 26.0. The Labute approximate surface area is 209 Å². The number of alkyl carbamates (subject to hydrolysis) is 1. The van der Waals surface area contributed by atoms with Crippen molar-refractivity contribution in [2.75, 3.05) is 60.1 Å². The number of hydrogen-bond acceptors (Lipinski definition) is 8. The van der Waals surface area contributed by atoms with Crippen molar-refractivity contribution in [2.45, 2.75) is 37.0 Å². The highest BCUT2D eigenvalue weighted by atomic mass is 32.2. The van der Waals surface area contributed by atoms with Crippen molar-refractivity contribution in [3.05, 3.63) is 24.3 Å². The summed E-state index contributed by atoms with van der Waals surface area (Å²) < 4.78 is 55.1. The van der Waals surface area contributed by atoms with E-state index in [1.807, 2.05) is 20.5 Å². The van der Waals surface area contributed by atoms with E-state index in [1.165, 1.54) is 30.7 Å². The lowest BCUT2D eigenvalue weighted by Gasteiger charge is -2.31. The molecule has 1 aromatic carbocycles. The second-order valence-electron chi connectivity index (χ2n) is 8.84. The number of hydrogen-bond donors (Lipinski definition) is 1. The lowest BCUT2D eigenvalue weighted by Crippen LogP contribution is -2.53. The molecule has 198 valence electrons. The summed E-state index contributed by atoms with van der Waals surface area (Å²) in [5.74, 6) is 0.636. The maximum absolute atomic E-state index is 13.5. The van der Waals surface area contributed by atoms with Gasteiger partial charge in [0.15, 0.2) is 6.10 Å². The smallest absolute Gasteiger partial charge is 0.408 e. The van der Waals surface area contributed by atoms with Gasteiger partial charge >= 0.3 is 6.09 Å². The Bertz CT molecular complexity index is 920. The first-order valence-corrected chi connectivity index (χ1v) is 15.0. The van der Waals surface area contributed by atoms with Gasteiger partial charge in [0, 0.05) is 20.2 Å². The van der Waals surface area contributed by atoms with Gasteiger partial charge in [0.2, 0.25) is 10.0 Å². The molecule has 12 heteroatoms. The fourth-order valence-electron chi connectivity index (χ4n) is 3.60. The Morgan fingerprint density at radius 1 is 1.20 bits per heavy atom. The average Bonchev–Trinajstić information content (AvgIpc) is 2.81. The maximum atomic E-state index is 13.5. The second kappa shape index (κ2) is 14.1. The summed E-state index contributed by atoms with van der Waals surface area (Å²) in [4.78, 5) is 12.8. The van der Waals surface area contributed by atoms with Crippen LogP contribution in [-0.4, -0.2) is 104 Å². The highest BCUT2D eigenvalue weighted by Gasteiger charge is 2.34. The van der Waals surface area contributed by atoms with E-state index in [0.717, 1.165) is 0 Å². The minimum atomic E-state index is -3.83. The lowest BCUT2D eigenvalue weighted by atomic mass is 10.1. The van der Waals surface area contributed by atoms with Gasteiger partial charge in [-0.1, -0.05) is 13.8 Å². The van der Waals surface area contributed by atoms with Gasteiger partial charge in [0.05, 0.1) is 57.9 Å². The highest BCUT2D eigenvalue weighted by molar-refractivity contribution is 7.89. The number of amides is 1. The number of sulfonamides is 1. The van der Waals surface area contributed by atoms with E-state index in [9.17, 15) is 13.2 Å². The van der Waals surface area contributed by atoms with Crippen LogP contribution >= 0.6 is 7.55 Å². The predicted molar refractivity (Wildman–Crippen MR) is 136 cm³/mol. The van der Waals surface area contributed by atoms with Gasteiger partial charge in [-0.25, -0.2) is 13.2 Å². The van der Waals surface area contributed by atoms with Crippen LogP contribution in [0.4, 0.5) is 4.79 Å². The Hall–Kier alpha value is -1.75. The topological polar surface area (TPSA) is 113 Å². The maximum Gasteiger partial charge on any atom is 0.408 e. The molecule has 0 radical (unpaired) electrons. The summed E-state index contributed by atoms with van der Waals surface area (Å²) in [5.41, 5.74) is 0. The predicted octanol–water partition coefficient (Wildman–Crippen LogP) is 2.37. The number of benzene rings is 1. The van der Waals surface area contributed by atoms with Crippen molar-refractivity contribution in [3.8, 4) is 5.75 Å². The van der Waals surface area contributed by atoms with Gasteiger partial charge in [0.1, 0.15) is 18.7 Å². The molecule has 0 aliphatic carbocycles. The lowest BCUT2D eigenvalue weighted by molar-refractivity contribution is -0.151. The molecule has 0 aromatic heterocycles. The molecule has 0 saturated carbocycles. The first-order valence-electron chi connectivity index (χ1n) is 11.4. The number of nitrogens with zero attached hydrogens (tertiary/aromatic N) is 1. The van der Waals surface area contributed by atoms with Crippen molar-refractivity contribution in [3.63, 3.8) is 0 Å². The SMILES string of the molecule is C=[P+](C)CC(NC(=O)OC1COCOC1)C(CN(CC(C)C)S(=O)(=O)c1ccc(OC)cc1)OC. The van der Waals surface area contributed by atoms with Gasteiger partial charge in [0.25, 0.3) is 0 Å². The molecular weight excluding hydrogens is 495 g/mol. The summed E-state index contributed by atoms with van der Waals surface area (Å²) in [6, 6.07) is 5.76. The van der Waals surface area contributed by atoms with Crippen LogP contribution in [0.1, 0.15) is 13.8 Å². The zero-order valence-electron chi connectivity index (χ0n) is 21.1. The quantitative estimate of drug-likeness (QED) is 0.385. The van der Waals surface area contributed by atoms with Crippen LogP contribution in [0.3, 0.4) is 0 Å². The van der Waals surface area contributed by atoms with Gasteiger partial charge in [-0.3, -0.25) is 0 Å². The van der Waals surface area contributed by atoms with Crippen LogP contribution in [0.15, 0.2) is 29.2 Å². The van der Waals surface area contributed by atoms with E-state index in [0.29, 0.717) is 11.9 Å². The van der Waals surface area contributed by atoms with Gasteiger partial charge in [-0.05, 0) is 30.2 Å². The number of rotatable bonds is 13. The van der Waals surface area contributed by atoms with Crippen molar-refractivity contribution in [2.24, 2.45) is 5.92 Å². The van der Waals surface area contributed by atoms with Crippen molar-refractivity contribution >= 4 is 30.0 Å². The molecule has 0 bridgehead atoms. The van der Waals surface area contributed by atoms with E-state index >= 15 is 0 Å². The van der Waals surface area contributed by atoms with Crippen LogP contribution in [0.5, 0.6) is 5.75 Å². The first-order chi connectivity index (χ1) is 16.6. The van der Waals surface area contributed by atoms with Crippen molar-refractivity contribution in [1.82, 2.24) is 9.62 Å². The second-order valence-corrected chi connectivity index (χ2v) is 12.9. The van der Waals surface area contributed by atoms with Crippen LogP contribution < -0.4 is 10.1 Å². The zero-order valence-corrected chi connectivity index (χ0v) is 22.8. The molecule has 1 aliphatic rings. The molecule has 2 rings (SSSR count). The summed E-state index contributed by atoms with van der Waals surface area (Å²) in [5, 5.41) is 2.85. The Morgan fingerprint density at radius 2 is 1.83 bits per heavy atom. The number of carbonyl (C=O) groups is 1. The largest absolute Gasteiger partial charge is 0.497 e. The van der Waals surface area contributed by atoms with Gasteiger partial charge in [-0.2, -0.15) is 4.31 Å². The molecule has 3 unspecified atom stereocenters. The molecular formula is C23H38N2O8PS+. The molecule has 3 atom stereocenters. The third-order valence-electron chi connectivity index (χ3n) is 5.26. The van der Waals surface area contributed by atoms with Gasteiger partial charge < -0.3 is 29.0 Å². The summed E-state index contributed by atoms with van der Waals surface area (Å²) in [7, 11) is -1.48. The van der Waals surface area contributed by atoms with E-state index in [-0.39, 0.29) is 43.9 Å². The minimum Gasteiger partial charge on any atom is -0.497 e. The molecule has 1 aromatic rings. The average molecular weight is 534 g/mol. The fraction of sp³-hybridized carbons (Fsp3) is 0.652. The van der Waals surface area contributed by atoms with Crippen LogP contribution in [0.2, 0.25) is 0 Å². The van der Waals surface area contributed by atoms with E-state index in [2.05, 4.69) is 11.6 Å². The molecule has 1 aliphatic heterocycles. The fourth-order valence-corrected chi connectivity index (χ4v) is 6.22. The third kappa shape index (κ3) is 9.33. The summed E-state index contributed by atoms with van der Waals surface area (Å²) >= 11 is 0. The Kier molecular flexibility index (Phi) is 11.9. The minimum absolute atomic E-state index is 0.0484. The number of methoxy groups -OCH3 is 2. The first kappa shape index (κ1) is 29.5. The van der Waals surface area contributed by atoms with Crippen LogP contribution in [0, 0.1) is 5.92 Å². The van der Waals surface area contributed by atoms with Gasteiger partial charge in [-0.15, -0.1) is 0 Å². The normalized spacial score (nSPS) is 17.2. The molecule has 1 fully saturated rings. The monoisotopic (exact) mass is 533 g/mol. The van der Waals surface area contributed by atoms with E-state index in [4.69, 9.17) is 23.7 Å². The summed E-state index contributed by atoms with van der Waals surface area (Å²) in [6.07, 6.45) is 2.84. The molecule has 1 N–H and O–H groups in total. The standard InChI is InChI=1S/C23H37N2O8PS/c1-17(2)11-25(35(27,28)20-9-7-18(29-3)8-10-20)12-22(30-4)21(15-34(5)6)24-23(26)33-19-13-31-16-32-14-19/h7-10,17,19,21-22H,5,11-16H2,1-4,6H3/p+1. The Morgan fingerprint density at radius 3 is 2.34 bits per heavy atom. The van der Waals surface area contributed by atoms with Crippen LogP contribution in [-0.2, 0) is 29.0 Å². The van der Waals surface area contributed by atoms with E-state index < -0.39 is 41.9 Å². The van der Waals surface area contributed by atoms with E-state index in [1.54, 1.807) is 12.1 Å². The molecule has 1 heterocycles. The molecule has 10 nitrogen and oxygen atoms in total. The third-order valence-corrected chi connectivity index (χ3v) is 8.12. The summed E-state index contributed by atoms with van der Waals surface area (Å²) in [6.45, 7) is 6.88. The van der Waals surface area contributed by atoms with Crippen molar-refractivity contribution < 1.29 is 36.9 Å². The molecule has 0 spiro atoms. The molecule has 1 saturated heterocycles. The van der Waals surface area contributed by atoms with Crippen LogP contribution in [0.25, 0.3) is 0 Å². The van der Waals surface area contributed by atoms with Crippen molar-refractivity contribution in [1.29, 1.82) is 0 Å². The number of ether oxygens (including phenoxy) is 5. The number of nitrogens with one attached hydrogen (secondary N) is 1. The molecule has 35 heavy (non-hydrogen) atoms. The molecule has 1 amide bonds. The Balaban J connectivity index is 2.23.